The van der Waals surface area contributed by atoms with Crippen LogP contribution in [-0.4, -0.2) is 7.11 Å². The van der Waals surface area contributed by atoms with E-state index >= 15 is 0 Å². The van der Waals surface area contributed by atoms with Crippen molar-refractivity contribution in [1.82, 2.24) is 0 Å². The molecule has 0 bridgehead atoms. The number of aryl methyl sites for hydroxylation is 1. The summed E-state index contributed by atoms with van der Waals surface area (Å²) in [7, 11) is 1.60. The van der Waals surface area contributed by atoms with Crippen LogP contribution in [0.1, 0.15) is 17.5 Å². The van der Waals surface area contributed by atoms with Crippen LogP contribution in [0.25, 0.3) is 5.76 Å². The zero-order valence-electron chi connectivity index (χ0n) is 8.03. The molecule has 3 heteroatoms. The van der Waals surface area contributed by atoms with E-state index in [1.165, 1.54) is 11.1 Å². The van der Waals surface area contributed by atoms with Gasteiger partial charge in [-0.25, -0.2) is 0 Å². The van der Waals surface area contributed by atoms with Gasteiger partial charge in [0.25, 0.3) is 0 Å². The van der Waals surface area contributed by atoms with Crippen molar-refractivity contribution >= 4 is 18.1 Å². The van der Waals surface area contributed by atoms with Crippen LogP contribution in [0.4, 0.5) is 0 Å². The molecular formula is C11H12O2S. The lowest BCUT2D eigenvalue weighted by Gasteiger charge is -2.15. The van der Waals surface area contributed by atoms with E-state index in [1.807, 2.05) is 6.07 Å². The zero-order chi connectivity index (χ0) is 9.80. The Kier molecular flexibility index (Phi) is 3.11. The summed E-state index contributed by atoms with van der Waals surface area (Å²) in [5.41, 5.74) is 2.53. The summed E-state index contributed by atoms with van der Waals surface area (Å²) in [6, 6.07) is 8.31. The predicted octanol–water partition coefficient (Wildman–Crippen LogP) is 3.20. The molecule has 0 aliphatic heterocycles. The highest BCUT2D eigenvalue weighted by molar-refractivity contribution is 7.90. The topological polar surface area (TPSA) is 18.5 Å². The first-order valence-corrected chi connectivity index (χ1v) is 5.24. The van der Waals surface area contributed by atoms with Crippen molar-refractivity contribution in [3.63, 3.8) is 0 Å². The minimum absolute atomic E-state index is 0.915. The average molecular weight is 208 g/mol. The molecule has 1 aromatic carbocycles. The third-order valence-electron chi connectivity index (χ3n) is 2.22. The Morgan fingerprint density at radius 3 is 3.00 bits per heavy atom. The van der Waals surface area contributed by atoms with E-state index in [2.05, 4.69) is 24.3 Å². The molecule has 0 N–H and O–H groups in total. The maximum absolute atomic E-state index is 5.41. The first kappa shape index (κ1) is 9.62. The van der Waals surface area contributed by atoms with Crippen LogP contribution in [0.5, 0.6) is 0 Å². The average Bonchev–Trinajstić information content (AvgIpc) is 2.26. The van der Waals surface area contributed by atoms with Gasteiger partial charge < -0.3 is 4.18 Å². The molecule has 0 saturated heterocycles. The molecule has 0 unspecified atom stereocenters. The maximum Gasteiger partial charge on any atom is 0.225 e. The van der Waals surface area contributed by atoms with Crippen LogP contribution in [0.3, 0.4) is 0 Å². The number of benzene rings is 1. The van der Waals surface area contributed by atoms with Crippen molar-refractivity contribution in [2.24, 2.45) is 0 Å². The number of fused-ring (bicyclic) bond motifs is 1. The van der Waals surface area contributed by atoms with Gasteiger partial charge in [0.1, 0.15) is 5.76 Å². The summed E-state index contributed by atoms with van der Waals surface area (Å²) in [5.74, 6) is 0.915. The quantitative estimate of drug-likeness (QED) is 0.711. The second-order valence-electron chi connectivity index (χ2n) is 3.08. The molecule has 1 aliphatic carbocycles. The van der Waals surface area contributed by atoms with Crippen molar-refractivity contribution in [2.75, 3.05) is 7.11 Å². The van der Waals surface area contributed by atoms with Gasteiger partial charge in [-0.2, -0.15) is 0 Å². The molecule has 0 atom stereocenters. The van der Waals surface area contributed by atoms with Crippen molar-refractivity contribution < 1.29 is 8.37 Å². The van der Waals surface area contributed by atoms with E-state index < -0.39 is 0 Å². The molecule has 0 amide bonds. The van der Waals surface area contributed by atoms with Crippen LogP contribution in [0.15, 0.2) is 30.3 Å². The molecule has 0 aromatic heterocycles. The van der Waals surface area contributed by atoms with E-state index in [0.29, 0.717) is 0 Å². The SMILES string of the molecule is COSOC1=CCCc2ccccc21. The van der Waals surface area contributed by atoms with Crippen molar-refractivity contribution in [1.29, 1.82) is 0 Å². The molecule has 14 heavy (non-hydrogen) atoms. The fourth-order valence-corrected chi connectivity index (χ4v) is 1.90. The van der Waals surface area contributed by atoms with E-state index in [1.54, 1.807) is 7.11 Å². The summed E-state index contributed by atoms with van der Waals surface area (Å²) < 4.78 is 10.2. The summed E-state index contributed by atoms with van der Waals surface area (Å²) in [4.78, 5) is 0. The maximum atomic E-state index is 5.41. The smallest absolute Gasteiger partial charge is 0.225 e. The van der Waals surface area contributed by atoms with E-state index in [9.17, 15) is 0 Å². The van der Waals surface area contributed by atoms with Gasteiger partial charge in [-0.3, -0.25) is 4.18 Å². The van der Waals surface area contributed by atoms with Gasteiger partial charge in [0.2, 0.25) is 12.3 Å². The van der Waals surface area contributed by atoms with Crippen LogP contribution in [0, 0.1) is 0 Å². The highest BCUT2D eigenvalue weighted by atomic mass is 32.2. The molecule has 1 aliphatic rings. The summed E-state index contributed by atoms with van der Waals surface area (Å²) in [6.07, 6.45) is 4.24. The predicted molar refractivity (Wildman–Crippen MR) is 58.4 cm³/mol. The Bertz CT molecular complexity index is 347. The number of hydrogen-bond acceptors (Lipinski definition) is 3. The minimum Gasteiger partial charge on any atom is -0.400 e. The Labute approximate surface area is 88.3 Å². The molecule has 1 aromatic rings. The Morgan fingerprint density at radius 1 is 1.29 bits per heavy atom. The lowest BCUT2D eigenvalue weighted by atomic mass is 9.96. The fourth-order valence-electron chi connectivity index (χ4n) is 1.60. The van der Waals surface area contributed by atoms with Crippen molar-refractivity contribution in [2.45, 2.75) is 12.8 Å². The van der Waals surface area contributed by atoms with Gasteiger partial charge in [-0.05, 0) is 24.5 Å². The van der Waals surface area contributed by atoms with Gasteiger partial charge in [0, 0.05) is 5.56 Å². The van der Waals surface area contributed by atoms with Gasteiger partial charge in [-0.15, -0.1) is 0 Å². The van der Waals surface area contributed by atoms with Crippen molar-refractivity contribution in [3.05, 3.63) is 41.5 Å². The van der Waals surface area contributed by atoms with Crippen molar-refractivity contribution in [3.8, 4) is 0 Å². The first-order chi connectivity index (χ1) is 6.92. The normalized spacial score (nSPS) is 14.5. The number of hydrogen-bond donors (Lipinski definition) is 0. The fraction of sp³-hybridized carbons (Fsp3) is 0.273. The molecule has 0 spiro atoms. The highest BCUT2D eigenvalue weighted by Gasteiger charge is 2.13. The molecule has 0 radical (unpaired) electrons. The monoisotopic (exact) mass is 208 g/mol. The van der Waals surface area contributed by atoms with Crippen LogP contribution < -0.4 is 0 Å². The zero-order valence-corrected chi connectivity index (χ0v) is 8.84. The van der Waals surface area contributed by atoms with E-state index in [4.69, 9.17) is 8.37 Å². The van der Waals surface area contributed by atoms with Crippen LogP contribution in [-0.2, 0) is 14.8 Å². The van der Waals surface area contributed by atoms with Gasteiger partial charge in [-0.1, -0.05) is 24.3 Å². The second-order valence-corrected chi connectivity index (χ2v) is 3.72. The highest BCUT2D eigenvalue weighted by Crippen LogP contribution is 2.29. The number of rotatable bonds is 3. The molecule has 0 saturated carbocycles. The minimum atomic E-state index is 0.915. The lowest BCUT2D eigenvalue weighted by molar-refractivity contribution is 0.425. The molecule has 0 fully saturated rings. The van der Waals surface area contributed by atoms with Gasteiger partial charge >= 0.3 is 0 Å². The Morgan fingerprint density at radius 2 is 2.14 bits per heavy atom. The first-order valence-electron chi connectivity index (χ1n) is 4.57. The molecular weight excluding hydrogens is 196 g/mol. The van der Waals surface area contributed by atoms with Crippen LogP contribution in [0.2, 0.25) is 0 Å². The molecule has 2 rings (SSSR count). The van der Waals surface area contributed by atoms with E-state index in [0.717, 1.165) is 30.9 Å². The summed E-state index contributed by atoms with van der Waals surface area (Å²) in [6.45, 7) is 0. The van der Waals surface area contributed by atoms with E-state index in [-0.39, 0.29) is 0 Å². The Balaban J connectivity index is 2.22. The number of allylic oxidation sites excluding steroid dienone is 1. The Hall–Kier alpha value is -0.930. The standard InChI is InChI=1S/C11H12O2S/c1-12-14-13-11-8-4-6-9-5-2-3-7-10(9)11/h2-3,5,7-8H,4,6H2,1H3. The summed E-state index contributed by atoms with van der Waals surface area (Å²) in [5, 5.41) is 0. The third kappa shape index (κ3) is 1.94. The largest absolute Gasteiger partial charge is 0.400 e. The molecule has 0 heterocycles. The van der Waals surface area contributed by atoms with Crippen LogP contribution >= 0.6 is 12.3 Å². The summed E-state index contributed by atoms with van der Waals surface area (Å²) >= 11 is 1.01. The third-order valence-corrected chi connectivity index (χ3v) is 2.60. The lowest BCUT2D eigenvalue weighted by Crippen LogP contribution is -1.99. The molecule has 74 valence electrons. The van der Waals surface area contributed by atoms with Gasteiger partial charge in [0.15, 0.2) is 0 Å². The van der Waals surface area contributed by atoms with Gasteiger partial charge in [0.05, 0.1) is 7.11 Å². The molecule has 2 nitrogen and oxygen atoms in total. The second kappa shape index (κ2) is 4.53.